The van der Waals surface area contributed by atoms with Crippen LogP contribution in [0, 0.1) is 5.92 Å². The molecule has 0 aromatic heterocycles. The second kappa shape index (κ2) is 6.84. The summed E-state index contributed by atoms with van der Waals surface area (Å²) in [5.74, 6) is 0.0895. The van der Waals surface area contributed by atoms with Crippen LogP contribution in [0.1, 0.15) is 27.2 Å². The first kappa shape index (κ1) is 13.4. The predicted molar refractivity (Wildman–Crippen MR) is 61.1 cm³/mol. The molecule has 3 nitrogen and oxygen atoms in total. The second-order valence-corrected chi connectivity index (χ2v) is 4.84. The molecule has 0 bridgehead atoms. The Kier molecular flexibility index (Phi) is 7.07. The zero-order valence-corrected chi connectivity index (χ0v) is 10.5. The van der Waals surface area contributed by atoms with E-state index in [4.69, 9.17) is 0 Å². The third kappa shape index (κ3) is 5.70. The van der Waals surface area contributed by atoms with Crippen molar-refractivity contribution in [1.82, 2.24) is 5.09 Å². The fourth-order valence-corrected chi connectivity index (χ4v) is 2.20. The van der Waals surface area contributed by atoms with Gasteiger partial charge in [-0.3, -0.25) is 9.88 Å². The molecule has 0 saturated heterocycles. The van der Waals surface area contributed by atoms with Gasteiger partial charge in [0.15, 0.2) is 0 Å². The van der Waals surface area contributed by atoms with E-state index in [9.17, 15) is 9.90 Å². The molecular weight excluding hydrogens is 204 g/mol. The number of aliphatic hydroxyl groups is 1. The first-order chi connectivity index (χ1) is 5.99. The number of hydrogen-bond acceptors (Lipinski definition) is 3. The van der Waals surface area contributed by atoms with Gasteiger partial charge in [0.05, 0.1) is 6.10 Å². The summed E-state index contributed by atoms with van der Waals surface area (Å²) in [5.41, 5.74) is 0. The van der Waals surface area contributed by atoms with Gasteiger partial charge >= 0.3 is 0 Å². The molecule has 0 aromatic rings. The molecule has 0 aromatic carbocycles. The van der Waals surface area contributed by atoms with Crippen LogP contribution in [0.2, 0.25) is 0 Å². The van der Waals surface area contributed by atoms with Crippen LogP contribution in [0.3, 0.4) is 0 Å². The molecule has 5 unspecified atom stereocenters. The quantitative estimate of drug-likeness (QED) is 0.668. The molecule has 0 aliphatic rings. The van der Waals surface area contributed by atoms with E-state index < -0.39 is 6.10 Å². The maximum Gasteiger partial charge on any atom is 0.132 e. The van der Waals surface area contributed by atoms with E-state index in [-0.39, 0.29) is 17.7 Å². The number of carbonyl (C=O) groups is 1. The van der Waals surface area contributed by atoms with Gasteiger partial charge in [-0.05, 0) is 28.7 Å². The minimum atomic E-state index is -0.438. The van der Waals surface area contributed by atoms with Crippen molar-refractivity contribution in [2.45, 2.75) is 39.3 Å². The summed E-state index contributed by atoms with van der Waals surface area (Å²) in [6.07, 6.45) is 0.102. The summed E-state index contributed by atoms with van der Waals surface area (Å²) in [6, 6.07) is 0.0534. The Morgan fingerprint density at radius 1 is 1.62 bits per heavy atom. The molecule has 0 heterocycles. The summed E-state index contributed by atoms with van der Waals surface area (Å²) in [4.78, 5) is 10.9. The third-order valence-corrected chi connectivity index (χ3v) is 3.30. The average Bonchev–Trinajstić information content (AvgIpc) is 2.04. The molecule has 0 saturated carbocycles. The Morgan fingerprint density at radius 3 is 2.54 bits per heavy atom. The number of aliphatic hydroxyl groups excluding tert-OH is 1. The van der Waals surface area contributed by atoms with Crippen molar-refractivity contribution >= 4 is 23.1 Å². The van der Waals surface area contributed by atoms with Crippen molar-refractivity contribution in [2.24, 2.45) is 5.92 Å². The van der Waals surface area contributed by atoms with Crippen LogP contribution >= 0.6 is 17.3 Å². The highest BCUT2D eigenvalue weighted by Crippen LogP contribution is 2.18. The number of rotatable bonds is 6. The van der Waals surface area contributed by atoms with E-state index in [1.165, 1.54) is 0 Å². The monoisotopic (exact) mass is 223 g/mol. The van der Waals surface area contributed by atoms with E-state index >= 15 is 0 Å². The smallest absolute Gasteiger partial charge is 0.132 e. The van der Waals surface area contributed by atoms with Crippen LogP contribution < -0.4 is 5.09 Å². The van der Waals surface area contributed by atoms with Gasteiger partial charge in [0.25, 0.3) is 0 Å². The second-order valence-electron chi connectivity index (χ2n) is 3.39. The fraction of sp³-hybridized carbons (Fsp3) is 0.875. The lowest BCUT2D eigenvalue weighted by atomic mass is 9.97. The molecule has 0 spiro atoms. The number of carbonyl (C=O) groups excluding carboxylic acids is 1. The number of Topliss-reactive ketones (excluding diaryl/α,β-unsaturated/α-hetero) is 1. The first-order valence-corrected chi connectivity index (χ1v) is 7.19. The topological polar surface area (TPSA) is 49.3 Å². The molecule has 0 radical (unpaired) electrons. The van der Waals surface area contributed by atoms with Gasteiger partial charge in [0.2, 0.25) is 0 Å². The lowest BCUT2D eigenvalue weighted by molar-refractivity contribution is -0.121. The van der Waals surface area contributed by atoms with Gasteiger partial charge in [0.1, 0.15) is 5.78 Å². The highest BCUT2D eigenvalue weighted by Gasteiger charge is 2.18. The molecule has 0 aliphatic carbocycles. The van der Waals surface area contributed by atoms with Crippen LogP contribution in [0.15, 0.2) is 0 Å². The third-order valence-electron chi connectivity index (χ3n) is 2.18. The zero-order chi connectivity index (χ0) is 10.4. The number of ketones is 1. The molecule has 5 atom stereocenters. The van der Waals surface area contributed by atoms with E-state index in [1.807, 2.05) is 13.8 Å². The zero-order valence-electron chi connectivity index (χ0n) is 8.37. The number of hydrogen-bond donors (Lipinski definition) is 2. The molecule has 0 amide bonds. The maximum atomic E-state index is 10.9. The SMILES string of the molecule is CC(=O)C(C)CC(O)C(C)NPP. The summed E-state index contributed by atoms with van der Waals surface area (Å²) in [7, 11) is 3.11. The summed E-state index contributed by atoms with van der Waals surface area (Å²) < 4.78 is 0. The van der Waals surface area contributed by atoms with Crippen LogP contribution in [0.4, 0.5) is 0 Å². The standard InChI is InChI=1S/C8H19NO2P2/c1-5(7(3)10)4-8(11)6(2)9-13-12/h5-6,8-9,11,13H,4,12H2,1-3H3. The van der Waals surface area contributed by atoms with Gasteiger partial charge in [-0.1, -0.05) is 15.9 Å². The van der Waals surface area contributed by atoms with Crippen molar-refractivity contribution in [1.29, 1.82) is 0 Å². The molecule has 0 fully saturated rings. The predicted octanol–water partition coefficient (Wildman–Crippen LogP) is 1.32. The average molecular weight is 223 g/mol. The Morgan fingerprint density at radius 2 is 2.15 bits per heavy atom. The molecule has 78 valence electrons. The minimum absolute atomic E-state index is 0.0490. The van der Waals surface area contributed by atoms with Gasteiger partial charge in [-0.15, -0.1) is 0 Å². The molecule has 5 heteroatoms. The van der Waals surface area contributed by atoms with Gasteiger partial charge in [-0.2, -0.15) is 0 Å². The molecular formula is C8H19NO2P2. The first-order valence-electron chi connectivity index (χ1n) is 4.38. The van der Waals surface area contributed by atoms with E-state index in [0.29, 0.717) is 14.8 Å². The lowest BCUT2D eigenvalue weighted by Crippen LogP contribution is -2.34. The van der Waals surface area contributed by atoms with Crippen LogP contribution in [-0.4, -0.2) is 23.0 Å². The van der Waals surface area contributed by atoms with Crippen molar-refractivity contribution in [3.8, 4) is 0 Å². The highest BCUT2D eigenvalue weighted by atomic mass is 32.0. The van der Waals surface area contributed by atoms with Crippen molar-refractivity contribution in [3.63, 3.8) is 0 Å². The van der Waals surface area contributed by atoms with Crippen LogP contribution in [-0.2, 0) is 4.79 Å². The Bertz CT molecular complexity index is 166. The van der Waals surface area contributed by atoms with E-state index in [0.717, 1.165) is 0 Å². The number of nitrogens with one attached hydrogen (secondary N) is 1. The van der Waals surface area contributed by atoms with Crippen molar-refractivity contribution in [2.75, 3.05) is 0 Å². The van der Waals surface area contributed by atoms with Gasteiger partial charge in [-0.25, -0.2) is 0 Å². The summed E-state index contributed by atoms with van der Waals surface area (Å²) >= 11 is 0. The normalized spacial score (nSPS) is 18.8. The fourth-order valence-electron chi connectivity index (χ4n) is 0.960. The molecule has 0 aliphatic heterocycles. The van der Waals surface area contributed by atoms with Crippen LogP contribution in [0.5, 0.6) is 0 Å². The van der Waals surface area contributed by atoms with Crippen LogP contribution in [0.25, 0.3) is 0 Å². The van der Waals surface area contributed by atoms with Crippen molar-refractivity contribution < 1.29 is 9.90 Å². The highest BCUT2D eigenvalue weighted by molar-refractivity contribution is 8.01. The Hall–Kier alpha value is 0.450. The molecule has 2 N–H and O–H groups in total. The van der Waals surface area contributed by atoms with Gasteiger partial charge in [0, 0.05) is 12.0 Å². The molecule has 13 heavy (non-hydrogen) atoms. The maximum absolute atomic E-state index is 10.9. The van der Waals surface area contributed by atoms with E-state index in [1.54, 1.807) is 6.92 Å². The van der Waals surface area contributed by atoms with E-state index in [2.05, 4.69) is 14.0 Å². The summed E-state index contributed by atoms with van der Waals surface area (Å²) in [6.45, 7) is 5.34. The van der Waals surface area contributed by atoms with Gasteiger partial charge < -0.3 is 5.11 Å². The molecule has 0 rings (SSSR count). The Balaban J connectivity index is 3.84. The Labute approximate surface area is 84.0 Å². The minimum Gasteiger partial charge on any atom is -0.391 e. The summed E-state index contributed by atoms with van der Waals surface area (Å²) in [5, 5.41) is 12.8. The largest absolute Gasteiger partial charge is 0.391 e. The lowest BCUT2D eigenvalue weighted by Gasteiger charge is -2.21. The van der Waals surface area contributed by atoms with Crippen molar-refractivity contribution in [3.05, 3.63) is 0 Å².